The van der Waals surface area contributed by atoms with E-state index in [1.54, 1.807) is 4.68 Å². The van der Waals surface area contributed by atoms with Gasteiger partial charge in [-0.25, -0.2) is 5.48 Å². The molecule has 19 heavy (non-hydrogen) atoms. The highest BCUT2D eigenvalue weighted by molar-refractivity contribution is 5.74. The second-order valence-corrected chi connectivity index (χ2v) is 4.38. The summed E-state index contributed by atoms with van der Waals surface area (Å²) in [5.74, 6) is -0.220. The molecule has 0 aliphatic heterocycles. The highest BCUT2D eigenvalue weighted by Crippen LogP contribution is 2.02. The molecule has 0 saturated heterocycles. The van der Waals surface area contributed by atoms with Gasteiger partial charge in [-0.3, -0.25) is 14.3 Å². The van der Waals surface area contributed by atoms with E-state index < -0.39 is 0 Å². The highest BCUT2D eigenvalue weighted by Gasteiger charge is 2.06. The molecule has 0 bridgehead atoms. The average molecular weight is 259 g/mol. The first-order valence-electron chi connectivity index (χ1n) is 6.11. The number of carbonyl (C=O) groups excluding carboxylic acids is 1. The van der Waals surface area contributed by atoms with E-state index in [4.69, 9.17) is 4.84 Å². The maximum absolute atomic E-state index is 11.7. The largest absolute Gasteiger partial charge is 0.271 e. The number of carbonyl (C=O) groups is 1. The number of amides is 1. The molecule has 0 fully saturated rings. The summed E-state index contributed by atoms with van der Waals surface area (Å²) in [6.45, 7) is 4.32. The predicted octanol–water partition coefficient (Wildman–Crippen LogP) is 1.75. The SMILES string of the molecule is Cc1cc(C)n(CC(=O)NOCc2ccccc2)n1. The van der Waals surface area contributed by atoms with Crippen molar-refractivity contribution in [1.82, 2.24) is 15.3 Å². The minimum atomic E-state index is -0.220. The van der Waals surface area contributed by atoms with Crippen molar-refractivity contribution in [3.8, 4) is 0 Å². The first-order chi connectivity index (χ1) is 9.15. The van der Waals surface area contributed by atoms with Gasteiger partial charge in [0.05, 0.1) is 12.3 Å². The van der Waals surface area contributed by atoms with E-state index in [9.17, 15) is 4.79 Å². The molecule has 1 aromatic heterocycles. The third-order valence-corrected chi connectivity index (χ3v) is 2.66. The number of nitrogens with one attached hydrogen (secondary N) is 1. The lowest BCUT2D eigenvalue weighted by atomic mass is 10.2. The van der Waals surface area contributed by atoms with Crippen LogP contribution in [0.25, 0.3) is 0 Å². The quantitative estimate of drug-likeness (QED) is 0.832. The van der Waals surface area contributed by atoms with E-state index in [1.807, 2.05) is 50.2 Å². The molecule has 0 atom stereocenters. The number of nitrogens with zero attached hydrogens (tertiary/aromatic N) is 2. The summed E-state index contributed by atoms with van der Waals surface area (Å²) >= 11 is 0. The first kappa shape index (κ1) is 13.3. The number of aromatic nitrogens is 2. The number of hydrogen-bond acceptors (Lipinski definition) is 3. The molecule has 0 unspecified atom stereocenters. The summed E-state index contributed by atoms with van der Waals surface area (Å²) in [6.07, 6.45) is 0. The van der Waals surface area contributed by atoms with Crippen molar-refractivity contribution in [1.29, 1.82) is 0 Å². The van der Waals surface area contributed by atoms with Crippen LogP contribution < -0.4 is 5.48 Å². The Morgan fingerprint density at radius 1 is 1.32 bits per heavy atom. The molecule has 5 nitrogen and oxygen atoms in total. The van der Waals surface area contributed by atoms with E-state index in [1.165, 1.54) is 0 Å². The number of hydrogen-bond donors (Lipinski definition) is 1. The van der Waals surface area contributed by atoms with Crippen LogP contribution in [0.15, 0.2) is 36.4 Å². The van der Waals surface area contributed by atoms with Gasteiger partial charge < -0.3 is 0 Å². The van der Waals surface area contributed by atoms with Gasteiger partial charge in [0.25, 0.3) is 5.91 Å². The molecule has 0 saturated carbocycles. The van der Waals surface area contributed by atoms with Gasteiger partial charge in [0.1, 0.15) is 6.54 Å². The van der Waals surface area contributed by atoms with Crippen LogP contribution >= 0.6 is 0 Å². The molecule has 5 heteroatoms. The predicted molar refractivity (Wildman–Crippen MR) is 71.1 cm³/mol. The molecule has 2 aromatic rings. The van der Waals surface area contributed by atoms with E-state index >= 15 is 0 Å². The summed E-state index contributed by atoms with van der Waals surface area (Å²) in [5.41, 5.74) is 5.28. The van der Waals surface area contributed by atoms with Crippen molar-refractivity contribution < 1.29 is 9.63 Å². The number of rotatable bonds is 5. The molecule has 0 aliphatic carbocycles. The normalized spacial score (nSPS) is 10.4. The third-order valence-electron chi connectivity index (χ3n) is 2.66. The van der Waals surface area contributed by atoms with Crippen LogP contribution in [0, 0.1) is 13.8 Å². The Bertz CT molecular complexity index is 549. The van der Waals surface area contributed by atoms with E-state index in [-0.39, 0.29) is 12.5 Å². The number of hydroxylamine groups is 1. The van der Waals surface area contributed by atoms with Crippen LogP contribution in [0.3, 0.4) is 0 Å². The molecule has 0 radical (unpaired) electrons. The number of aryl methyl sites for hydroxylation is 2. The zero-order valence-electron chi connectivity index (χ0n) is 11.1. The highest BCUT2D eigenvalue weighted by atomic mass is 16.6. The van der Waals surface area contributed by atoms with Crippen molar-refractivity contribution in [2.24, 2.45) is 0 Å². The monoisotopic (exact) mass is 259 g/mol. The zero-order chi connectivity index (χ0) is 13.7. The fourth-order valence-corrected chi connectivity index (χ4v) is 1.78. The van der Waals surface area contributed by atoms with Gasteiger partial charge in [-0.05, 0) is 25.5 Å². The van der Waals surface area contributed by atoms with Crippen molar-refractivity contribution in [3.05, 3.63) is 53.3 Å². The standard InChI is InChI=1S/C14H17N3O2/c1-11-8-12(2)17(15-11)9-14(18)16-19-10-13-6-4-3-5-7-13/h3-8H,9-10H2,1-2H3,(H,16,18). The fourth-order valence-electron chi connectivity index (χ4n) is 1.78. The molecule has 1 heterocycles. The van der Waals surface area contributed by atoms with Gasteiger partial charge in [0.15, 0.2) is 0 Å². The second kappa shape index (κ2) is 6.15. The summed E-state index contributed by atoms with van der Waals surface area (Å²) in [6, 6.07) is 11.6. The maximum atomic E-state index is 11.7. The Labute approximate surface area is 112 Å². The Morgan fingerprint density at radius 2 is 2.05 bits per heavy atom. The Hall–Kier alpha value is -2.14. The lowest BCUT2D eigenvalue weighted by Crippen LogP contribution is -2.28. The van der Waals surface area contributed by atoms with Gasteiger partial charge in [-0.1, -0.05) is 30.3 Å². The zero-order valence-corrected chi connectivity index (χ0v) is 11.1. The van der Waals surface area contributed by atoms with Gasteiger partial charge in [-0.15, -0.1) is 0 Å². The summed E-state index contributed by atoms with van der Waals surface area (Å²) in [5, 5.41) is 4.22. The van der Waals surface area contributed by atoms with E-state index in [0.717, 1.165) is 17.0 Å². The van der Waals surface area contributed by atoms with Crippen LogP contribution in [0.2, 0.25) is 0 Å². The van der Waals surface area contributed by atoms with Crippen molar-refractivity contribution in [3.63, 3.8) is 0 Å². The topological polar surface area (TPSA) is 56.2 Å². The third kappa shape index (κ3) is 3.93. The molecular formula is C14H17N3O2. The van der Waals surface area contributed by atoms with Gasteiger partial charge >= 0.3 is 0 Å². The van der Waals surface area contributed by atoms with Crippen molar-refractivity contribution in [2.75, 3.05) is 0 Å². The molecular weight excluding hydrogens is 242 g/mol. The van der Waals surface area contributed by atoms with E-state index in [2.05, 4.69) is 10.6 Å². The number of benzene rings is 1. The van der Waals surface area contributed by atoms with Crippen LogP contribution in [-0.4, -0.2) is 15.7 Å². The molecule has 0 aliphatic rings. The summed E-state index contributed by atoms with van der Waals surface area (Å²) in [7, 11) is 0. The molecule has 1 N–H and O–H groups in total. The van der Waals surface area contributed by atoms with Crippen LogP contribution in [0.1, 0.15) is 17.0 Å². The molecule has 100 valence electrons. The minimum absolute atomic E-state index is 0.161. The smallest absolute Gasteiger partial charge is 0.265 e. The summed E-state index contributed by atoms with van der Waals surface area (Å²) in [4.78, 5) is 16.8. The second-order valence-electron chi connectivity index (χ2n) is 4.38. The van der Waals surface area contributed by atoms with E-state index in [0.29, 0.717) is 6.61 Å². The minimum Gasteiger partial charge on any atom is -0.271 e. The van der Waals surface area contributed by atoms with Crippen molar-refractivity contribution in [2.45, 2.75) is 27.0 Å². The Morgan fingerprint density at radius 3 is 2.68 bits per heavy atom. The molecule has 0 spiro atoms. The summed E-state index contributed by atoms with van der Waals surface area (Å²) < 4.78 is 1.65. The Balaban J connectivity index is 1.78. The lowest BCUT2D eigenvalue weighted by Gasteiger charge is -2.07. The molecule has 1 amide bonds. The van der Waals surface area contributed by atoms with Gasteiger partial charge in [-0.2, -0.15) is 5.10 Å². The van der Waals surface area contributed by atoms with Crippen LogP contribution in [-0.2, 0) is 22.8 Å². The van der Waals surface area contributed by atoms with Crippen molar-refractivity contribution >= 4 is 5.91 Å². The Kier molecular flexibility index (Phi) is 4.30. The van der Waals surface area contributed by atoms with Crippen LogP contribution in [0.5, 0.6) is 0 Å². The first-order valence-corrected chi connectivity index (χ1v) is 6.11. The fraction of sp³-hybridized carbons (Fsp3) is 0.286. The average Bonchev–Trinajstić information content (AvgIpc) is 2.69. The lowest BCUT2D eigenvalue weighted by molar-refractivity contribution is -0.135. The molecule has 1 aromatic carbocycles. The molecule has 2 rings (SSSR count). The van der Waals surface area contributed by atoms with Gasteiger partial charge in [0, 0.05) is 5.69 Å². The maximum Gasteiger partial charge on any atom is 0.265 e. The van der Waals surface area contributed by atoms with Gasteiger partial charge in [0.2, 0.25) is 0 Å². The van der Waals surface area contributed by atoms with Crippen LogP contribution in [0.4, 0.5) is 0 Å².